The summed E-state index contributed by atoms with van der Waals surface area (Å²) in [6.07, 6.45) is 0. The van der Waals surface area contributed by atoms with Crippen LogP contribution in [0.2, 0.25) is 0 Å². The zero-order chi connectivity index (χ0) is 23.3. The van der Waals surface area contributed by atoms with Crippen LogP contribution >= 0.6 is 23.1 Å². The normalized spacial score (nSPS) is 10.4. The number of hydrogen-bond acceptors (Lipinski definition) is 9. The second-order valence-corrected chi connectivity index (χ2v) is 8.76. The molecule has 0 saturated carbocycles. The summed E-state index contributed by atoms with van der Waals surface area (Å²) in [5.41, 5.74) is 1.56. The highest BCUT2D eigenvalue weighted by Gasteiger charge is 2.17. The van der Waals surface area contributed by atoms with Crippen molar-refractivity contribution in [3.05, 3.63) is 69.3 Å². The summed E-state index contributed by atoms with van der Waals surface area (Å²) >= 11 is 2.23. The monoisotopic (exact) mass is 471 g/mol. The number of carbonyl (C=O) groups excluding carboxylic acids is 3. The topological polar surface area (TPSA) is 144 Å². The molecule has 3 aromatic rings. The van der Waals surface area contributed by atoms with Crippen molar-refractivity contribution in [2.75, 3.05) is 16.4 Å². The summed E-state index contributed by atoms with van der Waals surface area (Å²) in [6, 6.07) is 10.7. The number of benzene rings is 2. The minimum absolute atomic E-state index is 0.0572. The van der Waals surface area contributed by atoms with Crippen LogP contribution in [-0.4, -0.2) is 38.5 Å². The maximum absolute atomic E-state index is 12.4. The first-order valence-corrected chi connectivity index (χ1v) is 11.0. The van der Waals surface area contributed by atoms with Crippen molar-refractivity contribution in [1.82, 2.24) is 10.2 Å². The Balaban J connectivity index is 1.54. The summed E-state index contributed by atoms with van der Waals surface area (Å²) in [4.78, 5) is 46.3. The lowest BCUT2D eigenvalue weighted by Gasteiger charge is -2.04. The standard InChI is InChI=1S/C20H17N5O5S2/c1-11-3-4-14(9-16(11)25(29)30)18(28)22-19-23-24-20(32-19)31-10-17(27)21-15-7-5-13(6-8-15)12(2)26/h3-9H,10H2,1-2H3,(H,21,27)(H,22,23,28). The van der Waals surface area contributed by atoms with Gasteiger partial charge in [-0.25, -0.2) is 0 Å². The van der Waals surface area contributed by atoms with Gasteiger partial charge in [0.2, 0.25) is 11.0 Å². The van der Waals surface area contributed by atoms with Gasteiger partial charge in [-0.3, -0.25) is 29.8 Å². The number of amides is 2. The minimum Gasteiger partial charge on any atom is -0.325 e. The van der Waals surface area contributed by atoms with Gasteiger partial charge in [-0.05, 0) is 44.2 Å². The number of aryl methyl sites for hydroxylation is 1. The number of nitrogens with zero attached hydrogens (tertiary/aromatic N) is 3. The van der Waals surface area contributed by atoms with E-state index in [4.69, 9.17) is 0 Å². The second kappa shape index (κ2) is 10.1. The first-order valence-electron chi connectivity index (χ1n) is 9.16. The molecule has 0 fully saturated rings. The van der Waals surface area contributed by atoms with E-state index in [2.05, 4.69) is 20.8 Å². The number of carbonyl (C=O) groups is 3. The number of thioether (sulfide) groups is 1. The Morgan fingerprint density at radius 3 is 2.41 bits per heavy atom. The Morgan fingerprint density at radius 2 is 1.75 bits per heavy atom. The predicted octanol–water partition coefficient (Wildman–Crippen LogP) is 3.94. The fraction of sp³-hybridized carbons (Fsp3) is 0.150. The third kappa shape index (κ3) is 5.95. The highest BCUT2D eigenvalue weighted by Crippen LogP contribution is 2.26. The zero-order valence-electron chi connectivity index (χ0n) is 16.9. The summed E-state index contributed by atoms with van der Waals surface area (Å²) in [5.74, 6) is -0.801. The zero-order valence-corrected chi connectivity index (χ0v) is 18.6. The predicted molar refractivity (Wildman–Crippen MR) is 121 cm³/mol. The van der Waals surface area contributed by atoms with Crippen LogP contribution in [0.15, 0.2) is 46.8 Å². The molecule has 2 N–H and O–H groups in total. The van der Waals surface area contributed by atoms with Gasteiger partial charge in [0.25, 0.3) is 11.6 Å². The molecule has 32 heavy (non-hydrogen) atoms. The van der Waals surface area contributed by atoms with Crippen molar-refractivity contribution in [1.29, 1.82) is 0 Å². The SMILES string of the molecule is CC(=O)c1ccc(NC(=O)CSc2nnc(NC(=O)c3ccc(C)c([N+](=O)[O-])c3)s2)cc1. The van der Waals surface area contributed by atoms with Crippen molar-refractivity contribution in [3.63, 3.8) is 0 Å². The molecule has 164 valence electrons. The van der Waals surface area contributed by atoms with Crippen molar-refractivity contribution in [3.8, 4) is 0 Å². The fourth-order valence-electron chi connectivity index (χ4n) is 2.55. The molecule has 10 nitrogen and oxygen atoms in total. The van der Waals surface area contributed by atoms with E-state index < -0.39 is 10.8 Å². The van der Waals surface area contributed by atoms with Crippen LogP contribution in [-0.2, 0) is 4.79 Å². The van der Waals surface area contributed by atoms with Gasteiger partial charge in [-0.15, -0.1) is 10.2 Å². The van der Waals surface area contributed by atoms with Crippen LogP contribution in [0.1, 0.15) is 33.2 Å². The molecule has 12 heteroatoms. The third-order valence-corrected chi connectivity index (χ3v) is 6.17. The Kier molecular flexibility index (Phi) is 7.28. The quantitative estimate of drug-likeness (QED) is 0.165. The van der Waals surface area contributed by atoms with Gasteiger partial charge in [-0.1, -0.05) is 29.2 Å². The molecule has 0 spiro atoms. The van der Waals surface area contributed by atoms with Crippen LogP contribution in [0, 0.1) is 17.0 Å². The van der Waals surface area contributed by atoms with E-state index in [0.717, 1.165) is 23.1 Å². The number of Topliss-reactive ketones (excluding diaryl/α,β-unsaturated/α-hetero) is 1. The molecule has 0 aliphatic rings. The number of hydrogen-bond donors (Lipinski definition) is 2. The maximum atomic E-state index is 12.4. The van der Waals surface area contributed by atoms with Crippen LogP contribution in [0.3, 0.4) is 0 Å². The number of ketones is 1. The van der Waals surface area contributed by atoms with Crippen LogP contribution in [0.25, 0.3) is 0 Å². The van der Waals surface area contributed by atoms with Gasteiger partial charge >= 0.3 is 0 Å². The molecule has 2 aromatic carbocycles. The molecule has 2 amide bonds. The van der Waals surface area contributed by atoms with E-state index in [9.17, 15) is 24.5 Å². The van der Waals surface area contributed by atoms with Crippen molar-refractivity contribution in [2.24, 2.45) is 0 Å². The highest BCUT2D eigenvalue weighted by atomic mass is 32.2. The molecule has 0 bridgehead atoms. The number of nitro benzene ring substituents is 1. The summed E-state index contributed by atoms with van der Waals surface area (Å²) in [5, 5.41) is 24.3. The number of anilines is 2. The fourth-order valence-corrected chi connectivity index (χ4v) is 4.09. The lowest BCUT2D eigenvalue weighted by molar-refractivity contribution is -0.385. The van der Waals surface area contributed by atoms with Gasteiger partial charge in [0.05, 0.1) is 10.7 Å². The Bertz CT molecular complexity index is 1190. The average Bonchev–Trinajstić information content (AvgIpc) is 3.20. The second-order valence-electron chi connectivity index (χ2n) is 6.56. The Hall–Kier alpha value is -3.64. The van der Waals surface area contributed by atoms with E-state index >= 15 is 0 Å². The molecule has 0 aliphatic carbocycles. The van der Waals surface area contributed by atoms with Crippen molar-refractivity contribution >= 4 is 57.2 Å². The van der Waals surface area contributed by atoms with E-state index in [1.807, 2.05) is 0 Å². The van der Waals surface area contributed by atoms with Crippen LogP contribution in [0.5, 0.6) is 0 Å². The van der Waals surface area contributed by atoms with Crippen LogP contribution < -0.4 is 10.6 Å². The molecule has 0 radical (unpaired) electrons. The molecular formula is C20H17N5O5S2. The van der Waals surface area contributed by atoms with E-state index in [-0.39, 0.29) is 33.8 Å². The van der Waals surface area contributed by atoms with Gasteiger partial charge in [0.15, 0.2) is 10.1 Å². The van der Waals surface area contributed by atoms with E-state index in [1.54, 1.807) is 31.2 Å². The molecule has 0 saturated heterocycles. The summed E-state index contributed by atoms with van der Waals surface area (Å²) in [7, 11) is 0. The number of aromatic nitrogens is 2. The number of rotatable bonds is 8. The molecule has 1 heterocycles. The average molecular weight is 472 g/mol. The molecule has 0 unspecified atom stereocenters. The lowest BCUT2D eigenvalue weighted by atomic mass is 10.1. The lowest BCUT2D eigenvalue weighted by Crippen LogP contribution is -2.14. The molecule has 1 aromatic heterocycles. The molecule has 3 rings (SSSR count). The summed E-state index contributed by atoms with van der Waals surface area (Å²) < 4.78 is 0.470. The Morgan fingerprint density at radius 1 is 1.06 bits per heavy atom. The maximum Gasteiger partial charge on any atom is 0.273 e. The number of nitrogens with one attached hydrogen (secondary N) is 2. The first-order chi connectivity index (χ1) is 15.2. The minimum atomic E-state index is -0.549. The van der Waals surface area contributed by atoms with Crippen molar-refractivity contribution < 1.29 is 19.3 Å². The van der Waals surface area contributed by atoms with Crippen molar-refractivity contribution in [2.45, 2.75) is 18.2 Å². The Labute approximate surface area is 190 Å². The van der Waals surface area contributed by atoms with Gasteiger partial charge in [-0.2, -0.15) is 0 Å². The first kappa shape index (κ1) is 23.0. The smallest absolute Gasteiger partial charge is 0.273 e. The third-order valence-electron chi connectivity index (χ3n) is 4.20. The van der Waals surface area contributed by atoms with Crippen LogP contribution in [0.4, 0.5) is 16.5 Å². The van der Waals surface area contributed by atoms with E-state index in [1.165, 1.54) is 25.1 Å². The van der Waals surface area contributed by atoms with E-state index in [0.29, 0.717) is 21.2 Å². The van der Waals surface area contributed by atoms with Gasteiger partial charge in [0.1, 0.15) is 0 Å². The largest absolute Gasteiger partial charge is 0.325 e. The highest BCUT2D eigenvalue weighted by molar-refractivity contribution is 8.01. The van der Waals surface area contributed by atoms with Gasteiger partial charge < -0.3 is 5.32 Å². The number of nitro groups is 1. The van der Waals surface area contributed by atoms with Gasteiger partial charge in [0, 0.05) is 28.4 Å². The molecule has 0 aliphatic heterocycles. The summed E-state index contributed by atoms with van der Waals surface area (Å²) in [6.45, 7) is 3.05. The molecular weight excluding hydrogens is 454 g/mol. The molecule has 0 atom stereocenters.